The molecule has 6 nitrogen and oxygen atoms in total. The largest absolute Gasteiger partial charge is 0.378 e. The molecule has 0 aromatic heterocycles. The minimum Gasteiger partial charge on any atom is -0.378 e. The van der Waals surface area contributed by atoms with Gasteiger partial charge in [-0.15, -0.1) is 0 Å². The monoisotopic (exact) mass is 292 g/mol. The third-order valence-electron chi connectivity index (χ3n) is 2.98. The molecule has 0 saturated carbocycles. The smallest absolute Gasteiger partial charge is 0.221 e. The van der Waals surface area contributed by atoms with Crippen molar-refractivity contribution < 1.29 is 17.9 Å². The van der Waals surface area contributed by atoms with Crippen molar-refractivity contribution in [2.45, 2.75) is 31.8 Å². The van der Waals surface area contributed by atoms with Gasteiger partial charge in [-0.25, -0.2) is 8.42 Å². The molecule has 0 radical (unpaired) electrons. The van der Waals surface area contributed by atoms with E-state index in [1.54, 1.807) is 0 Å². The molecule has 1 rings (SSSR count). The number of hydrogen-bond acceptors (Lipinski definition) is 5. The first-order valence-corrected chi connectivity index (χ1v) is 8.80. The van der Waals surface area contributed by atoms with Crippen molar-refractivity contribution in [3.05, 3.63) is 0 Å². The second-order valence-corrected chi connectivity index (χ2v) is 7.16. The Kier molecular flexibility index (Phi) is 7.33. The first-order valence-electron chi connectivity index (χ1n) is 6.74. The van der Waals surface area contributed by atoms with E-state index in [1.165, 1.54) is 0 Å². The molecule has 1 amide bonds. The molecule has 1 saturated heterocycles. The van der Waals surface area contributed by atoms with Crippen LogP contribution in [0.3, 0.4) is 0 Å². The van der Waals surface area contributed by atoms with Crippen LogP contribution in [0.4, 0.5) is 0 Å². The van der Waals surface area contributed by atoms with Crippen LogP contribution >= 0.6 is 0 Å². The van der Waals surface area contributed by atoms with E-state index in [0.29, 0.717) is 19.3 Å². The summed E-state index contributed by atoms with van der Waals surface area (Å²) in [6.45, 7) is 3.18. The molecule has 1 aliphatic rings. The molecule has 19 heavy (non-hydrogen) atoms. The molecule has 1 aliphatic heterocycles. The van der Waals surface area contributed by atoms with Crippen LogP contribution in [0.2, 0.25) is 0 Å². The summed E-state index contributed by atoms with van der Waals surface area (Å²) in [5, 5.41) is 5.97. The lowest BCUT2D eigenvalue weighted by atomic mass is 10.1. The highest BCUT2D eigenvalue weighted by Gasteiger charge is 2.12. The van der Waals surface area contributed by atoms with Gasteiger partial charge in [0.1, 0.15) is 9.84 Å². The van der Waals surface area contributed by atoms with Crippen LogP contribution in [0.15, 0.2) is 0 Å². The minimum atomic E-state index is -3.06. The predicted molar refractivity (Wildman–Crippen MR) is 73.8 cm³/mol. The van der Waals surface area contributed by atoms with Gasteiger partial charge in [0.15, 0.2) is 0 Å². The average Bonchev–Trinajstić information content (AvgIpc) is 2.36. The highest BCUT2D eigenvalue weighted by molar-refractivity contribution is 7.90. The zero-order chi connectivity index (χ0) is 14.1. The molecule has 1 heterocycles. The second kappa shape index (κ2) is 8.50. The quantitative estimate of drug-likeness (QED) is 0.600. The van der Waals surface area contributed by atoms with Gasteiger partial charge in [0, 0.05) is 25.8 Å². The average molecular weight is 292 g/mol. The Hall–Kier alpha value is -0.660. The van der Waals surface area contributed by atoms with Crippen LogP contribution in [0, 0.1) is 0 Å². The summed E-state index contributed by atoms with van der Waals surface area (Å²) in [4.78, 5) is 11.3. The Labute approximate surface area is 115 Å². The summed E-state index contributed by atoms with van der Waals surface area (Å²) in [7, 11) is -3.06. The summed E-state index contributed by atoms with van der Waals surface area (Å²) >= 11 is 0. The Morgan fingerprint density at radius 1 is 1.37 bits per heavy atom. The number of piperidine rings is 1. The summed E-state index contributed by atoms with van der Waals surface area (Å²) < 4.78 is 27.5. The predicted octanol–water partition coefficient (Wildman–Crippen LogP) is -0.304. The molecular weight excluding hydrogens is 268 g/mol. The van der Waals surface area contributed by atoms with Crippen molar-refractivity contribution in [3.63, 3.8) is 0 Å². The SMILES string of the molecule is CS(=O)(=O)CCC(=O)NCCCOC1CCNCC1. The Morgan fingerprint density at radius 2 is 2.05 bits per heavy atom. The normalized spacial score (nSPS) is 17.3. The minimum absolute atomic E-state index is 0.0357. The van der Waals surface area contributed by atoms with E-state index in [1.807, 2.05) is 0 Å². The van der Waals surface area contributed by atoms with Crippen LogP contribution in [0.1, 0.15) is 25.7 Å². The van der Waals surface area contributed by atoms with Gasteiger partial charge in [0.05, 0.1) is 11.9 Å². The van der Waals surface area contributed by atoms with Gasteiger partial charge in [0.25, 0.3) is 0 Å². The summed E-state index contributed by atoms with van der Waals surface area (Å²) in [5.74, 6) is -0.308. The van der Waals surface area contributed by atoms with Crippen molar-refractivity contribution in [1.82, 2.24) is 10.6 Å². The van der Waals surface area contributed by atoms with E-state index in [0.717, 1.165) is 38.6 Å². The van der Waals surface area contributed by atoms with Crippen molar-refractivity contribution in [3.8, 4) is 0 Å². The van der Waals surface area contributed by atoms with Gasteiger partial charge in [-0.2, -0.15) is 0 Å². The lowest BCUT2D eigenvalue weighted by Gasteiger charge is -2.22. The van der Waals surface area contributed by atoms with Gasteiger partial charge >= 0.3 is 0 Å². The third-order valence-corrected chi connectivity index (χ3v) is 3.93. The molecule has 2 N–H and O–H groups in total. The van der Waals surface area contributed by atoms with E-state index >= 15 is 0 Å². The lowest BCUT2D eigenvalue weighted by Crippen LogP contribution is -2.33. The fraction of sp³-hybridized carbons (Fsp3) is 0.917. The molecule has 1 fully saturated rings. The number of hydrogen-bond donors (Lipinski definition) is 2. The number of nitrogens with one attached hydrogen (secondary N) is 2. The van der Waals surface area contributed by atoms with Gasteiger partial charge in [-0.3, -0.25) is 4.79 Å². The number of carbonyl (C=O) groups excluding carboxylic acids is 1. The zero-order valence-corrected chi connectivity index (χ0v) is 12.3. The number of amides is 1. The van der Waals surface area contributed by atoms with E-state index < -0.39 is 9.84 Å². The Balaban J connectivity index is 1.96. The number of sulfone groups is 1. The molecular formula is C12H24N2O4S. The lowest BCUT2D eigenvalue weighted by molar-refractivity contribution is -0.120. The molecule has 112 valence electrons. The summed E-state index contributed by atoms with van der Waals surface area (Å²) in [6, 6.07) is 0. The molecule has 0 aliphatic carbocycles. The number of rotatable bonds is 8. The fourth-order valence-corrected chi connectivity index (χ4v) is 2.43. The molecule has 0 unspecified atom stereocenters. The van der Waals surface area contributed by atoms with E-state index in [-0.39, 0.29) is 18.1 Å². The highest BCUT2D eigenvalue weighted by Crippen LogP contribution is 2.06. The highest BCUT2D eigenvalue weighted by atomic mass is 32.2. The Morgan fingerprint density at radius 3 is 2.68 bits per heavy atom. The number of carbonyl (C=O) groups is 1. The van der Waals surface area contributed by atoms with Crippen molar-refractivity contribution in [2.24, 2.45) is 0 Å². The summed E-state index contributed by atoms with van der Waals surface area (Å²) in [6.07, 6.45) is 4.35. The van der Waals surface area contributed by atoms with Crippen molar-refractivity contribution in [1.29, 1.82) is 0 Å². The molecule has 0 atom stereocenters. The van der Waals surface area contributed by atoms with Crippen LogP contribution in [0.25, 0.3) is 0 Å². The Bertz CT molecular complexity index is 364. The maximum Gasteiger partial charge on any atom is 0.221 e. The first kappa shape index (κ1) is 16.4. The van der Waals surface area contributed by atoms with Crippen molar-refractivity contribution >= 4 is 15.7 Å². The molecule has 0 aromatic rings. The summed E-state index contributed by atoms with van der Waals surface area (Å²) in [5.41, 5.74) is 0. The maximum atomic E-state index is 11.3. The first-order chi connectivity index (χ1) is 8.97. The van der Waals surface area contributed by atoms with Gasteiger partial charge in [-0.1, -0.05) is 0 Å². The second-order valence-electron chi connectivity index (χ2n) is 4.90. The van der Waals surface area contributed by atoms with Crippen molar-refractivity contribution in [2.75, 3.05) is 38.2 Å². The fourth-order valence-electron chi connectivity index (χ4n) is 1.88. The molecule has 7 heteroatoms. The molecule has 0 aromatic carbocycles. The molecule has 0 spiro atoms. The van der Waals surface area contributed by atoms with Crippen LogP contribution in [-0.4, -0.2) is 58.7 Å². The topological polar surface area (TPSA) is 84.5 Å². The standard InChI is InChI=1S/C12H24N2O4S/c1-19(16,17)10-5-12(15)14-6-2-9-18-11-3-7-13-8-4-11/h11,13H,2-10H2,1H3,(H,14,15). The molecule has 0 bridgehead atoms. The van der Waals surface area contributed by atoms with Crippen LogP contribution in [0.5, 0.6) is 0 Å². The maximum absolute atomic E-state index is 11.3. The van der Waals surface area contributed by atoms with Gasteiger partial charge in [0.2, 0.25) is 5.91 Å². The van der Waals surface area contributed by atoms with Crippen LogP contribution < -0.4 is 10.6 Å². The number of ether oxygens (including phenoxy) is 1. The van der Waals surface area contributed by atoms with Gasteiger partial charge < -0.3 is 15.4 Å². The van der Waals surface area contributed by atoms with Crippen LogP contribution in [-0.2, 0) is 19.4 Å². The van der Waals surface area contributed by atoms with E-state index in [2.05, 4.69) is 10.6 Å². The van der Waals surface area contributed by atoms with Gasteiger partial charge in [-0.05, 0) is 32.4 Å². The van der Waals surface area contributed by atoms with E-state index in [9.17, 15) is 13.2 Å². The third kappa shape index (κ3) is 8.96. The zero-order valence-electron chi connectivity index (χ0n) is 11.5. The van der Waals surface area contributed by atoms with E-state index in [4.69, 9.17) is 4.74 Å².